The maximum atomic E-state index is 11.9. The van der Waals surface area contributed by atoms with Crippen LogP contribution >= 0.6 is 0 Å². The van der Waals surface area contributed by atoms with E-state index in [4.69, 9.17) is 4.18 Å². The summed E-state index contributed by atoms with van der Waals surface area (Å²) < 4.78 is 28.9. The van der Waals surface area contributed by atoms with E-state index >= 15 is 0 Å². The van der Waals surface area contributed by atoms with Gasteiger partial charge in [0, 0.05) is 0 Å². The van der Waals surface area contributed by atoms with Crippen molar-refractivity contribution in [3.8, 4) is 0 Å². The van der Waals surface area contributed by atoms with E-state index in [0.29, 0.717) is 0 Å². The summed E-state index contributed by atoms with van der Waals surface area (Å²) in [5.41, 5.74) is 0. The summed E-state index contributed by atoms with van der Waals surface area (Å²) in [6.07, 6.45) is 13.7. The van der Waals surface area contributed by atoms with Crippen molar-refractivity contribution in [3.63, 3.8) is 0 Å². The molecule has 0 amide bonds. The van der Waals surface area contributed by atoms with Crippen LogP contribution in [0.2, 0.25) is 0 Å². The molecule has 0 unspecified atom stereocenters. The van der Waals surface area contributed by atoms with Gasteiger partial charge in [-0.15, -0.1) is 0 Å². The topological polar surface area (TPSA) is 43.4 Å². The van der Waals surface area contributed by atoms with Crippen molar-refractivity contribution in [1.29, 1.82) is 0 Å². The van der Waals surface area contributed by atoms with Gasteiger partial charge in [-0.25, -0.2) is 0 Å². The van der Waals surface area contributed by atoms with Gasteiger partial charge in [-0.2, -0.15) is 8.42 Å². The first-order valence-corrected chi connectivity index (χ1v) is 10.5. The summed E-state index contributed by atoms with van der Waals surface area (Å²) in [5.74, 6) is 0. The SMILES string of the molecule is CCCCCCCCCCCCCOS(=O)(=O)c1ccccc1.[NaH]. The van der Waals surface area contributed by atoms with Gasteiger partial charge in [0.15, 0.2) is 0 Å². The van der Waals surface area contributed by atoms with Crippen molar-refractivity contribution in [2.24, 2.45) is 0 Å². The Morgan fingerprint density at radius 2 is 1.21 bits per heavy atom. The monoisotopic (exact) mass is 364 g/mol. The molecule has 0 aliphatic carbocycles. The number of rotatable bonds is 14. The zero-order chi connectivity index (χ0) is 16.8. The molecule has 0 radical (unpaired) electrons. The predicted molar refractivity (Wildman–Crippen MR) is 103 cm³/mol. The molecule has 1 aromatic rings. The number of benzene rings is 1. The Balaban J connectivity index is 0.00000529. The van der Waals surface area contributed by atoms with Crippen LogP contribution in [0.25, 0.3) is 0 Å². The first kappa shape index (κ1) is 24.1. The molecule has 3 nitrogen and oxygen atoms in total. The third-order valence-electron chi connectivity index (χ3n) is 4.02. The van der Waals surface area contributed by atoms with Crippen LogP contribution in [0, 0.1) is 0 Å². The van der Waals surface area contributed by atoms with Gasteiger partial charge in [-0.3, -0.25) is 4.18 Å². The van der Waals surface area contributed by atoms with E-state index in [1.807, 2.05) is 0 Å². The van der Waals surface area contributed by atoms with Gasteiger partial charge in [-0.05, 0) is 18.6 Å². The van der Waals surface area contributed by atoms with Crippen molar-refractivity contribution in [2.75, 3.05) is 6.61 Å². The van der Waals surface area contributed by atoms with Gasteiger partial charge in [0.05, 0.1) is 11.5 Å². The fraction of sp³-hybridized carbons (Fsp3) is 0.684. The van der Waals surface area contributed by atoms with Gasteiger partial charge >= 0.3 is 29.6 Å². The molecular formula is C19H33NaO3S. The molecule has 0 aromatic heterocycles. The summed E-state index contributed by atoms with van der Waals surface area (Å²) in [5, 5.41) is 0. The predicted octanol–water partition coefficient (Wildman–Crippen LogP) is 5.05. The Hall–Kier alpha value is 0.130. The second kappa shape index (κ2) is 15.4. The van der Waals surface area contributed by atoms with Crippen LogP contribution in [0.15, 0.2) is 35.2 Å². The minimum atomic E-state index is -3.57. The average Bonchev–Trinajstić information content (AvgIpc) is 2.56. The van der Waals surface area contributed by atoms with Crippen molar-refractivity contribution < 1.29 is 12.6 Å². The fourth-order valence-electron chi connectivity index (χ4n) is 2.59. The van der Waals surface area contributed by atoms with Gasteiger partial charge in [0.25, 0.3) is 10.1 Å². The van der Waals surface area contributed by atoms with Crippen LogP contribution in [0.5, 0.6) is 0 Å². The second-order valence-electron chi connectivity index (χ2n) is 6.12. The average molecular weight is 365 g/mol. The number of hydrogen-bond acceptors (Lipinski definition) is 3. The number of unbranched alkanes of at least 4 members (excludes halogenated alkanes) is 10. The van der Waals surface area contributed by atoms with Crippen LogP contribution in [0.1, 0.15) is 77.6 Å². The Bertz CT molecular complexity index is 489. The van der Waals surface area contributed by atoms with Crippen LogP contribution in [0.3, 0.4) is 0 Å². The van der Waals surface area contributed by atoms with Gasteiger partial charge in [0.2, 0.25) is 0 Å². The molecule has 0 aliphatic rings. The zero-order valence-electron chi connectivity index (χ0n) is 14.5. The second-order valence-corrected chi connectivity index (χ2v) is 7.74. The van der Waals surface area contributed by atoms with E-state index < -0.39 is 10.1 Å². The summed E-state index contributed by atoms with van der Waals surface area (Å²) in [6, 6.07) is 8.34. The van der Waals surface area contributed by atoms with Gasteiger partial charge < -0.3 is 0 Å². The van der Waals surface area contributed by atoms with E-state index in [0.717, 1.165) is 12.8 Å². The van der Waals surface area contributed by atoms with Crippen LogP contribution in [-0.2, 0) is 14.3 Å². The molecule has 0 N–H and O–H groups in total. The van der Waals surface area contributed by atoms with E-state index in [1.165, 1.54) is 57.8 Å². The van der Waals surface area contributed by atoms with Crippen molar-refractivity contribution in [1.82, 2.24) is 0 Å². The molecule has 134 valence electrons. The van der Waals surface area contributed by atoms with Crippen LogP contribution in [-0.4, -0.2) is 44.6 Å². The molecule has 5 heteroatoms. The Kier molecular flexibility index (Phi) is 15.5. The van der Waals surface area contributed by atoms with E-state index in [2.05, 4.69) is 6.92 Å². The molecule has 0 fully saturated rings. The molecule has 0 saturated carbocycles. The van der Waals surface area contributed by atoms with E-state index in [-0.39, 0.29) is 41.1 Å². The molecule has 0 saturated heterocycles. The molecule has 0 aliphatic heterocycles. The third kappa shape index (κ3) is 11.6. The Morgan fingerprint density at radius 1 is 0.750 bits per heavy atom. The molecule has 0 bridgehead atoms. The number of hydrogen-bond donors (Lipinski definition) is 0. The Morgan fingerprint density at radius 3 is 1.71 bits per heavy atom. The quantitative estimate of drug-likeness (QED) is 0.263. The standard InChI is InChI=1S/C19H32O3S.Na.H/c1-2-3-4-5-6-7-8-9-10-11-15-18-22-23(20,21)19-16-13-12-14-17-19;;/h12-14,16-17H,2-11,15,18H2,1H3;;. The van der Waals surface area contributed by atoms with Crippen molar-refractivity contribution in [3.05, 3.63) is 30.3 Å². The fourth-order valence-corrected chi connectivity index (χ4v) is 3.55. The maximum absolute atomic E-state index is 11.9. The van der Waals surface area contributed by atoms with E-state index in [1.54, 1.807) is 30.3 Å². The molecular weight excluding hydrogens is 331 g/mol. The first-order chi connectivity index (χ1) is 11.2. The Labute approximate surface area is 171 Å². The van der Waals surface area contributed by atoms with Gasteiger partial charge in [0.1, 0.15) is 0 Å². The summed E-state index contributed by atoms with van der Waals surface area (Å²) >= 11 is 0. The van der Waals surface area contributed by atoms with Gasteiger partial charge in [-0.1, -0.05) is 89.3 Å². The molecule has 0 spiro atoms. The molecule has 1 aromatic carbocycles. The van der Waals surface area contributed by atoms with Crippen molar-refractivity contribution in [2.45, 2.75) is 82.4 Å². The molecule has 0 atom stereocenters. The zero-order valence-corrected chi connectivity index (χ0v) is 15.3. The van der Waals surface area contributed by atoms with Crippen LogP contribution in [0.4, 0.5) is 0 Å². The van der Waals surface area contributed by atoms with Crippen LogP contribution < -0.4 is 0 Å². The minimum absolute atomic E-state index is 0. The molecule has 1 rings (SSSR count). The summed E-state index contributed by atoms with van der Waals surface area (Å²) in [6.45, 7) is 2.53. The van der Waals surface area contributed by atoms with Crippen molar-refractivity contribution >= 4 is 39.7 Å². The van der Waals surface area contributed by atoms with E-state index in [9.17, 15) is 8.42 Å². The third-order valence-corrected chi connectivity index (χ3v) is 5.34. The first-order valence-electron chi connectivity index (χ1n) is 9.11. The summed E-state index contributed by atoms with van der Waals surface area (Å²) in [7, 11) is -3.57. The molecule has 0 heterocycles. The summed E-state index contributed by atoms with van der Waals surface area (Å²) in [4.78, 5) is 0.239. The molecule has 24 heavy (non-hydrogen) atoms. The normalized spacial score (nSPS) is 11.2.